The van der Waals surface area contributed by atoms with Crippen LogP contribution in [0.2, 0.25) is 0 Å². The number of benzene rings is 2. The maximum absolute atomic E-state index is 13.2. The summed E-state index contributed by atoms with van der Waals surface area (Å²) in [5, 5.41) is 14.0. The van der Waals surface area contributed by atoms with Gasteiger partial charge in [-0.2, -0.15) is 5.26 Å². The molecule has 3 aromatic rings. The minimum absolute atomic E-state index is 0.252. The minimum atomic E-state index is -0.417. The molecule has 2 aromatic carbocycles. The monoisotopic (exact) mass is 385 g/mol. The summed E-state index contributed by atoms with van der Waals surface area (Å²) in [5.41, 5.74) is 3.29. The molecule has 6 heteroatoms. The first-order valence-electron chi connectivity index (χ1n) is 8.59. The van der Waals surface area contributed by atoms with Gasteiger partial charge in [-0.05, 0) is 60.3 Å². The average Bonchev–Trinajstić information content (AvgIpc) is 3.29. The molecular formula is C22H15N3O2S. The molecule has 0 radical (unpaired) electrons. The van der Waals surface area contributed by atoms with Crippen molar-refractivity contribution in [3.05, 3.63) is 87.7 Å². The predicted octanol–water partition coefficient (Wildman–Crippen LogP) is 4.32. The number of aryl methyl sites for hydroxylation is 1. The van der Waals surface area contributed by atoms with E-state index in [1.165, 1.54) is 11.3 Å². The number of thiophene rings is 1. The molecule has 1 N–H and O–H groups in total. The van der Waals surface area contributed by atoms with Gasteiger partial charge in [0.05, 0.1) is 22.9 Å². The molecule has 0 saturated heterocycles. The molecule has 2 amide bonds. The Morgan fingerprint density at radius 1 is 1.00 bits per heavy atom. The lowest BCUT2D eigenvalue weighted by atomic mass is 10.1. The lowest BCUT2D eigenvalue weighted by Crippen LogP contribution is -2.32. The number of nitriles is 1. The second kappa shape index (κ2) is 7.14. The van der Waals surface area contributed by atoms with Crippen LogP contribution in [-0.2, 0) is 9.59 Å². The topological polar surface area (TPSA) is 73.2 Å². The third kappa shape index (κ3) is 3.08. The summed E-state index contributed by atoms with van der Waals surface area (Å²) >= 11 is 1.41. The fourth-order valence-electron chi connectivity index (χ4n) is 3.08. The van der Waals surface area contributed by atoms with Crippen LogP contribution in [0.4, 0.5) is 11.4 Å². The second-order valence-corrected chi connectivity index (χ2v) is 7.27. The van der Waals surface area contributed by atoms with Crippen LogP contribution >= 0.6 is 11.3 Å². The Balaban J connectivity index is 1.78. The van der Waals surface area contributed by atoms with E-state index in [1.54, 1.807) is 24.3 Å². The Labute approximate surface area is 166 Å². The third-order valence-electron chi connectivity index (χ3n) is 4.39. The maximum atomic E-state index is 13.2. The van der Waals surface area contributed by atoms with Gasteiger partial charge in [-0.25, -0.2) is 4.90 Å². The standard InChI is InChI=1S/C22H15N3O2S/c1-14-4-2-5-16(12-14)24-20-19(18-6-3-11-28-18)21(26)25(22(20)27)17-9-7-15(13-23)8-10-17/h2-12,24H,1H3. The van der Waals surface area contributed by atoms with Gasteiger partial charge in [0.2, 0.25) is 0 Å². The zero-order valence-electron chi connectivity index (χ0n) is 15.0. The molecule has 0 atom stereocenters. The van der Waals surface area contributed by atoms with Gasteiger partial charge in [-0.3, -0.25) is 9.59 Å². The highest BCUT2D eigenvalue weighted by atomic mass is 32.1. The van der Waals surface area contributed by atoms with Crippen molar-refractivity contribution in [2.75, 3.05) is 10.2 Å². The molecule has 5 nitrogen and oxygen atoms in total. The number of carbonyl (C=O) groups excluding carboxylic acids is 2. The van der Waals surface area contributed by atoms with Crippen LogP contribution in [0, 0.1) is 18.3 Å². The Hall–Kier alpha value is -3.69. The lowest BCUT2D eigenvalue weighted by Gasteiger charge is -2.15. The fraction of sp³-hybridized carbons (Fsp3) is 0.0455. The van der Waals surface area contributed by atoms with E-state index < -0.39 is 5.91 Å². The van der Waals surface area contributed by atoms with Gasteiger partial charge < -0.3 is 5.32 Å². The van der Waals surface area contributed by atoms with E-state index >= 15 is 0 Å². The van der Waals surface area contributed by atoms with E-state index in [2.05, 4.69) is 5.32 Å². The van der Waals surface area contributed by atoms with Crippen molar-refractivity contribution in [3.8, 4) is 6.07 Å². The molecule has 0 unspecified atom stereocenters. The molecule has 0 bridgehead atoms. The molecule has 136 valence electrons. The molecule has 4 rings (SSSR count). The van der Waals surface area contributed by atoms with Gasteiger partial charge in [0.25, 0.3) is 11.8 Å². The van der Waals surface area contributed by atoms with Crippen molar-refractivity contribution in [3.63, 3.8) is 0 Å². The first-order valence-corrected chi connectivity index (χ1v) is 9.47. The molecule has 1 aliphatic rings. The van der Waals surface area contributed by atoms with Gasteiger partial charge in [-0.15, -0.1) is 11.3 Å². The summed E-state index contributed by atoms with van der Waals surface area (Å²) in [6, 6.07) is 19.7. The van der Waals surface area contributed by atoms with E-state index in [-0.39, 0.29) is 11.6 Å². The van der Waals surface area contributed by atoms with Crippen LogP contribution in [0.5, 0.6) is 0 Å². The summed E-state index contributed by atoms with van der Waals surface area (Å²) in [6.07, 6.45) is 0. The fourth-order valence-corrected chi connectivity index (χ4v) is 3.85. The Bertz CT molecular complexity index is 1140. The van der Waals surface area contributed by atoms with Gasteiger partial charge in [0.1, 0.15) is 5.70 Å². The minimum Gasteiger partial charge on any atom is -0.350 e. The maximum Gasteiger partial charge on any atom is 0.282 e. The highest BCUT2D eigenvalue weighted by Crippen LogP contribution is 2.35. The van der Waals surface area contributed by atoms with E-state index in [1.807, 2.05) is 54.8 Å². The molecule has 1 aromatic heterocycles. The van der Waals surface area contributed by atoms with E-state index in [0.717, 1.165) is 21.0 Å². The van der Waals surface area contributed by atoms with E-state index in [0.29, 0.717) is 16.8 Å². The number of rotatable bonds is 4. The number of nitrogens with zero attached hydrogens (tertiary/aromatic N) is 2. The van der Waals surface area contributed by atoms with Gasteiger partial charge in [0, 0.05) is 10.6 Å². The molecule has 2 heterocycles. The number of anilines is 2. The van der Waals surface area contributed by atoms with Gasteiger partial charge in [-0.1, -0.05) is 18.2 Å². The number of carbonyl (C=O) groups is 2. The Morgan fingerprint density at radius 3 is 2.43 bits per heavy atom. The van der Waals surface area contributed by atoms with E-state index in [4.69, 9.17) is 5.26 Å². The zero-order valence-corrected chi connectivity index (χ0v) is 15.8. The highest BCUT2D eigenvalue weighted by Gasteiger charge is 2.40. The number of nitrogens with one attached hydrogen (secondary N) is 1. The van der Waals surface area contributed by atoms with Crippen LogP contribution in [0.3, 0.4) is 0 Å². The lowest BCUT2D eigenvalue weighted by molar-refractivity contribution is -0.120. The molecule has 0 aliphatic carbocycles. The highest BCUT2D eigenvalue weighted by molar-refractivity contribution is 7.11. The third-order valence-corrected chi connectivity index (χ3v) is 5.28. The van der Waals surface area contributed by atoms with Crippen molar-refractivity contribution in [1.29, 1.82) is 5.26 Å². The first kappa shape index (κ1) is 17.7. The average molecular weight is 385 g/mol. The van der Waals surface area contributed by atoms with Crippen molar-refractivity contribution in [1.82, 2.24) is 0 Å². The first-order chi connectivity index (χ1) is 13.6. The summed E-state index contributed by atoms with van der Waals surface area (Å²) in [5.74, 6) is -0.799. The Morgan fingerprint density at radius 2 is 1.79 bits per heavy atom. The summed E-state index contributed by atoms with van der Waals surface area (Å²) in [4.78, 5) is 28.2. The van der Waals surface area contributed by atoms with Crippen molar-refractivity contribution in [2.45, 2.75) is 6.92 Å². The summed E-state index contributed by atoms with van der Waals surface area (Å²) in [7, 11) is 0. The van der Waals surface area contributed by atoms with Crippen LogP contribution < -0.4 is 10.2 Å². The molecule has 1 aliphatic heterocycles. The number of amides is 2. The van der Waals surface area contributed by atoms with Crippen LogP contribution in [-0.4, -0.2) is 11.8 Å². The molecule has 0 fully saturated rings. The van der Waals surface area contributed by atoms with Gasteiger partial charge in [0.15, 0.2) is 0 Å². The van der Waals surface area contributed by atoms with Crippen molar-refractivity contribution in [2.24, 2.45) is 0 Å². The van der Waals surface area contributed by atoms with Gasteiger partial charge >= 0.3 is 0 Å². The molecule has 0 spiro atoms. The molecule has 0 saturated carbocycles. The van der Waals surface area contributed by atoms with Crippen LogP contribution in [0.15, 0.2) is 71.7 Å². The number of imide groups is 1. The quantitative estimate of drug-likeness (QED) is 0.679. The second-order valence-electron chi connectivity index (χ2n) is 6.33. The molecule has 28 heavy (non-hydrogen) atoms. The van der Waals surface area contributed by atoms with Crippen LogP contribution in [0.25, 0.3) is 5.57 Å². The number of hydrogen-bond donors (Lipinski definition) is 1. The normalized spacial score (nSPS) is 13.8. The summed E-state index contributed by atoms with van der Waals surface area (Å²) < 4.78 is 0. The van der Waals surface area contributed by atoms with E-state index in [9.17, 15) is 9.59 Å². The number of hydrogen-bond acceptors (Lipinski definition) is 5. The van der Waals surface area contributed by atoms with Crippen molar-refractivity contribution >= 4 is 40.1 Å². The molecular weight excluding hydrogens is 370 g/mol. The predicted molar refractivity (Wildman–Crippen MR) is 110 cm³/mol. The Kier molecular flexibility index (Phi) is 4.52. The smallest absolute Gasteiger partial charge is 0.282 e. The largest absolute Gasteiger partial charge is 0.350 e. The summed E-state index contributed by atoms with van der Waals surface area (Å²) in [6.45, 7) is 1.96. The zero-order chi connectivity index (χ0) is 19.7. The van der Waals surface area contributed by atoms with Crippen molar-refractivity contribution < 1.29 is 9.59 Å². The SMILES string of the molecule is Cc1cccc(NC2=C(c3cccs3)C(=O)N(c3ccc(C#N)cc3)C2=O)c1. The van der Waals surface area contributed by atoms with Crippen LogP contribution in [0.1, 0.15) is 16.0 Å².